The van der Waals surface area contributed by atoms with Crippen LogP contribution < -0.4 is 5.73 Å². The lowest BCUT2D eigenvalue weighted by atomic mass is 9.78. The Morgan fingerprint density at radius 2 is 2.29 bits per heavy atom. The molecule has 84 valence electrons. The van der Waals surface area contributed by atoms with Gasteiger partial charge >= 0.3 is 0 Å². The summed E-state index contributed by atoms with van der Waals surface area (Å²) in [4.78, 5) is 2.36. The molecule has 14 heavy (non-hydrogen) atoms. The number of aliphatic hydroxyl groups excluding tert-OH is 1. The van der Waals surface area contributed by atoms with Gasteiger partial charge in [-0.05, 0) is 52.1 Å². The third kappa shape index (κ3) is 3.23. The van der Waals surface area contributed by atoms with Gasteiger partial charge in [-0.2, -0.15) is 0 Å². The summed E-state index contributed by atoms with van der Waals surface area (Å²) in [6, 6.07) is 0. The Bertz CT molecular complexity index is 171. The van der Waals surface area contributed by atoms with Crippen LogP contribution in [-0.2, 0) is 0 Å². The molecule has 0 radical (unpaired) electrons. The SMILES string of the molecule is CN1CCCC(C(C)(N)CCCO)C1. The van der Waals surface area contributed by atoms with E-state index in [-0.39, 0.29) is 12.1 Å². The number of piperidine rings is 1. The summed E-state index contributed by atoms with van der Waals surface area (Å²) >= 11 is 0. The third-order valence-corrected chi connectivity index (χ3v) is 3.43. The molecule has 1 rings (SSSR count). The van der Waals surface area contributed by atoms with E-state index in [1.54, 1.807) is 0 Å². The molecule has 0 aromatic heterocycles. The normalized spacial score (nSPS) is 28.7. The molecule has 1 saturated heterocycles. The zero-order valence-corrected chi connectivity index (χ0v) is 9.50. The summed E-state index contributed by atoms with van der Waals surface area (Å²) in [6.07, 6.45) is 4.26. The molecule has 0 spiro atoms. The first-order chi connectivity index (χ1) is 6.56. The van der Waals surface area contributed by atoms with Crippen LogP contribution in [-0.4, -0.2) is 42.3 Å². The number of aliphatic hydroxyl groups is 1. The first kappa shape index (κ1) is 12.0. The fourth-order valence-electron chi connectivity index (χ4n) is 2.37. The van der Waals surface area contributed by atoms with Crippen LogP contribution in [0.4, 0.5) is 0 Å². The predicted molar refractivity (Wildman–Crippen MR) is 59.1 cm³/mol. The van der Waals surface area contributed by atoms with Crippen LogP contribution in [0.2, 0.25) is 0 Å². The van der Waals surface area contributed by atoms with Crippen molar-refractivity contribution < 1.29 is 5.11 Å². The zero-order chi connectivity index (χ0) is 10.6. The second-order valence-corrected chi connectivity index (χ2v) is 4.93. The van der Waals surface area contributed by atoms with Gasteiger partial charge in [0.2, 0.25) is 0 Å². The molecule has 1 heterocycles. The maximum absolute atomic E-state index is 8.81. The molecule has 3 nitrogen and oxygen atoms in total. The number of hydrogen-bond donors (Lipinski definition) is 2. The van der Waals surface area contributed by atoms with Crippen molar-refractivity contribution in [1.29, 1.82) is 0 Å². The molecule has 1 aliphatic rings. The molecule has 0 bridgehead atoms. The zero-order valence-electron chi connectivity index (χ0n) is 9.50. The van der Waals surface area contributed by atoms with Crippen LogP contribution in [0.25, 0.3) is 0 Å². The van der Waals surface area contributed by atoms with E-state index in [9.17, 15) is 0 Å². The minimum absolute atomic E-state index is 0.0998. The van der Waals surface area contributed by atoms with Crippen LogP contribution >= 0.6 is 0 Å². The Labute approximate surface area is 87.3 Å². The average Bonchev–Trinajstić information content (AvgIpc) is 2.15. The van der Waals surface area contributed by atoms with Crippen LogP contribution in [0.15, 0.2) is 0 Å². The van der Waals surface area contributed by atoms with Gasteiger partial charge in [0.05, 0.1) is 0 Å². The fraction of sp³-hybridized carbons (Fsp3) is 1.00. The minimum Gasteiger partial charge on any atom is -0.396 e. The molecule has 0 aromatic rings. The summed E-state index contributed by atoms with van der Waals surface area (Å²) in [6.45, 7) is 4.70. The second-order valence-electron chi connectivity index (χ2n) is 4.93. The van der Waals surface area contributed by atoms with Gasteiger partial charge in [0.15, 0.2) is 0 Å². The fourth-order valence-corrected chi connectivity index (χ4v) is 2.37. The highest BCUT2D eigenvalue weighted by Crippen LogP contribution is 2.28. The summed E-state index contributed by atoms with van der Waals surface area (Å²) in [5.41, 5.74) is 6.20. The van der Waals surface area contributed by atoms with Crippen molar-refractivity contribution in [3.8, 4) is 0 Å². The van der Waals surface area contributed by atoms with E-state index in [4.69, 9.17) is 10.8 Å². The number of likely N-dealkylation sites (tertiary alicyclic amines) is 1. The Morgan fingerprint density at radius 1 is 1.57 bits per heavy atom. The van der Waals surface area contributed by atoms with Crippen LogP contribution in [0.3, 0.4) is 0 Å². The molecule has 1 aliphatic heterocycles. The number of nitrogens with two attached hydrogens (primary N) is 1. The van der Waals surface area contributed by atoms with Crippen molar-refractivity contribution in [1.82, 2.24) is 4.90 Å². The highest BCUT2D eigenvalue weighted by Gasteiger charge is 2.32. The average molecular weight is 200 g/mol. The van der Waals surface area contributed by atoms with Gasteiger partial charge in [-0.15, -0.1) is 0 Å². The summed E-state index contributed by atoms with van der Waals surface area (Å²) in [5, 5.41) is 8.81. The topological polar surface area (TPSA) is 49.5 Å². The van der Waals surface area contributed by atoms with E-state index in [1.807, 2.05) is 0 Å². The van der Waals surface area contributed by atoms with Crippen LogP contribution in [0.1, 0.15) is 32.6 Å². The highest BCUT2D eigenvalue weighted by atomic mass is 16.2. The quantitative estimate of drug-likeness (QED) is 0.706. The van der Waals surface area contributed by atoms with Crippen molar-refractivity contribution in [2.45, 2.75) is 38.1 Å². The molecule has 0 aliphatic carbocycles. The van der Waals surface area contributed by atoms with Gasteiger partial charge in [-0.3, -0.25) is 0 Å². The smallest absolute Gasteiger partial charge is 0.0431 e. The standard InChI is InChI=1S/C11H24N2O/c1-11(12,6-4-8-14)10-5-3-7-13(2)9-10/h10,14H,3-9,12H2,1-2H3. The first-order valence-corrected chi connectivity index (χ1v) is 5.64. The molecule has 0 amide bonds. The molecular weight excluding hydrogens is 176 g/mol. The third-order valence-electron chi connectivity index (χ3n) is 3.43. The van der Waals surface area contributed by atoms with E-state index in [2.05, 4.69) is 18.9 Å². The van der Waals surface area contributed by atoms with Gasteiger partial charge in [0.1, 0.15) is 0 Å². The molecule has 3 N–H and O–H groups in total. The molecule has 1 fully saturated rings. The Kier molecular flexibility index (Phi) is 4.35. The predicted octanol–water partition coefficient (Wildman–Crippen LogP) is 0.818. The van der Waals surface area contributed by atoms with Crippen molar-refractivity contribution in [3.63, 3.8) is 0 Å². The molecule has 3 heteroatoms. The van der Waals surface area contributed by atoms with Crippen molar-refractivity contribution in [2.75, 3.05) is 26.7 Å². The Hall–Kier alpha value is -0.120. The van der Waals surface area contributed by atoms with E-state index in [0.29, 0.717) is 5.92 Å². The van der Waals surface area contributed by atoms with Crippen molar-refractivity contribution in [2.24, 2.45) is 11.7 Å². The van der Waals surface area contributed by atoms with E-state index < -0.39 is 0 Å². The maximum Gasteiger partial charge on any atom is 0.0431 e. The van der Waals surface area contributed by atoms with Crippen molar-refractivity contribution >= 4 is 0 Å². The number of hydrogen-bond acceptors (Lipinski definition) is 3. The van der Waals surface area contributed by atoms with Crippen LogP contribution in [0, 0.1) is 5.92 Å². The first-order valence-electron chi connectivity index (χ1n) is 5.64. The lowest BCUT2D eigenvalue weighted by Gasteiger charge is -2.40. The Morgan fingerprint density at radius 3 is 2.86 bits per heavy atom. The maximum atomic E-state index is 8.81. The molecule has 0 saturated carbocycles. The largest absolute Gasteiger partial charge is 0.396 e. The van der Waals surface area contributed by atoms with Crippen molar-refractivity contribution in [3.05, 3.63) is 0 Å². The molecule has 2 atom stereocenters. The van der Waals surface area contributed by atoms with Gasteiger partial charge in [0.25, 0.3) is 0 Å². The van der Waals surface area contributed by atoms with E-state index >= 15 is 0 Å². The van der Waals surface area contributed by atoms with Gasteiger partial charge in [-0.1, -0.05) is 0 Å². The second kappa shape index (κ2) is 5.10. The van der Waals surface area contributed by atoms with E-state index in [1.165, 1.54) is 19.4 Å². The summed E-state index contributed by atoms with van der Waals surface area (Å²) in [7, 11) is 2.16. The number of nitrogens with zero attached hydrogens (tertiary/aromatic N) is 1. The minimum atomic E-state index is -0.0998. The molecular formula is C11H24N2O. The lowest BCUT2D eigenvalue weighted by molar-refractivity contribution is 0.132. The van der Waals surface area contributed by atoms with Gasteiger partial charge in [0, 0.05) is 18.7 Å². The lowest BCUT2D eigenvalue weighted by Crippen LogP contribution is -2.50. The van der Waals surface area contributed by atoms with Gasteiger partial charge < -0.3 is 15.7 Å². The highest BCUT2D eigenvalue weighted by molar-refractivity contribution is 4.90. The number of rotatable bonds is 4. The van der Waals surface area contributed by atoms with E-state index in [0.717, 1.165) is 19.4 Å². The summed E-state index contributed by atoms with van der Waals surface area (Å²) in [5.74, 6) is 0.591. The monoisotopic (exact) mass is 200 g/mol. The molecule has 2 unspecified atom stereocenters. The van der Waals surface area contributed by atoms with Crippen LogP contribution in [0.5, 0.6) is 0 Å². The van der Waals surface area contributed by atoms with Gasteiger partial charge in [-0.25, -0.2) is 0 Å². The summed E-state index contributed by atoms with van der Waals surface area (Å²) < 4.78 is 0. The molecule has 0 aromatic carbocycles. The Balaban J connectivity index is 2.43.